The first-order valence-electron chi connectivity index (χ1n) is 5.32. The summed E-state index contributed by atoms with van der Waals surface area (Å²) in [7, 11) is 0. The van der Waals surface area contributed by atoms with E-state index >= 15 is 0 Å². The molecule has 1 aliphatic rings. The molecule has 1 aromatic rings. The molecule has 0 bridgehead atoms. The van der Waals surface area contributed by atoms with E-state index in [0.29, 0.717) is 18.8 Å². The van der Waals surface area contributed by atoms with Crippen LogP contribution in [0.3, 0.4) is 0 Å². The van der Waals surface area contributed by atoms with Gasteiger partial charge in [-0.05, 0) is 41.4 Å². The first-order valence-corrected chi connectivity index (χ1v) is 6.12. The van der Waals surface area contributed by atoms with Crippen LogP contribution in [0.1, 0.15) is 12.1 Å². The Balaban J connectivity index is 2.10. The fourth-order valence-corrected chi connectivity index (χ4v) is 1.84. The van der Waals surface area contributed by atoms with Crippen LogP contribution < -0.4 is 11.1 Å². The number of amides is 1. The van der Waals surface area contributed by atoms with Crippen molar-refractivity contribution >= 4 is 27.7 Å². The maximum atomic E-state index is 12.0. The lowest BCUT2D eigenvalue weighted by Crippen LogP contribution is -2.51. The molecule has 0 spiro atoms. The van der Waals surface area contributed by atoms with Gasteiger partial charge in [-0.3, -0.25) is 4.79 Å². The van der Waals surface area contributed by atoms with Crippen LogP contribution in [0.2, 0.25) is 0 Å². The molecule has 5 nitrogen and oxygen atoms in total. The zero-order valence-electron chi connectivity index (χ0n) is 9.50. The van der Waals surface area contributed by atoms with Crippen LogP contribution in [0.25, 0.3) is 0 Å². The van der Waals surface area contributed by atoms with Crippen molar-refractivity contribution in [2.75, 3.05) is 18.5 Å². The van der Waals surface area contributed by atoms with E-state index in [9.17, 15) is 4.79 Å². The van der Waals surface area contributed by atoms with Gasteiger partial charge in [-0.15, -0.1) is 0 Å². The van der Waals surface area contributed by atoms with Crippen LogP contribution in [0.4, 0.5) is 5.82 Å². The van der Waals surface area contributed by atoms with Crippen LogP contribution in [-0.2, 0) is 9.53 Å². The monoisotopic (exact) mass is 299 g/mol. The van der Waals surface area contributed by atoms with Gasteiger partial charge in [0.1, 0.15) is 11.4 Å². The van der Waals surface area contributed by atoms with Crippen LogP contribution in [0.5, 0.6) is 0 Å². The Bertz CT molecular complexity index is 444. The summed E-state index contributed by atoms with van der Waals surface area (Å²) in [6.45, 7) is 2.64. The molecule has 0 aliphatic carbocycles. The van der Waals surface area contributed by atoms with Gasteiger partial charge in [-0.1, -0.05) is 0 Å². The summed E-state index contributed by atoms with van der Waals surface area (Å²) in [6, 6.07) is 3.57. The average Bonchev–Trinajstić information content (AvgIpc) is 2.72. The van der Waals surface area contributed by atoms with Gasteiger partial charge in [-0.2, -0.15) is 0 Å². The van der Waals surface area contributed by atoms with E-state index in [2.05, 4.69) is 26.2 Å². The SMILES string of the molecule is Cc1nc(NC(=O)C2(N)CCOC2)ccc1Br. The number of aromatic nitrogens is 1. The highest BCUT2D eigenvalue weighted by molar-refractivity contribution is 9.10. The van der Waals surface area contributed by atoms with Crippen LogP contribution in [0.15, 0.2) is 16.6 Å². The summed E-state index contributed by atoms with van der Waals surface area (Å²) in [5, 5.41) is 2.72. The standard InChI is InChI=1S/C11H14BrN3O2/c1-7-8(12)2-3-9(14-7)15-10(16)11(13)4-5-17-6-11/h2-3H,4-6,13H2,1H3,(H,14,15,16). The van der Waals surface area contributed by atoms with Crippen LogP contribution >= 0.6 is 15.9 Å². The van der Waals surface area contributed by atoms with Gasteiger partial charge in [0.25, 0.3) is 0 Å². The minimum absolute atomic E-state index is 0.246. The third-order valence-corrected chi connectivity index (χ3v) is 3.61. The van der Waals surface area contributed by atoms with Crippen molar-refractivity contribution in [3.63, 3.8) is 0 Å². The molecule has 0 radical (unpaired) electrons. The number of hydrogen-bond acceptors (Lipinski definition) is 4. The van der Waals surface area contributed by atoms with E-state index in [1.807, 2.05) is 13.0 Å². The molecule has 0 aromatic carbocycles. The predicted molar refractivity (Wildman–Crippen MR) is 67.7 cm³/mol. The fourth-order valence-electron chi connectivity index (χ4n) is 1.61. The molecule has 17 heavy (non-hydrogen) atoms. The maximum absolute atomic E-state index is 12.0. The van der Waals surface area contributed by atoms with Gasteiger partial charge >= 0.3 is 0 Å². The van der Waals surface area contributed by atoms with Crippen molar-refractivity contribution < 1.29 is 9.53 Å². The van der Waals surface area contributed by atoms with Crippen molar-refractivity contribution in [1.29, 1.82) is 0 Å². The summed E-state index contributed by atoms with van der Waals surface area (Å²) < 4.78 is 6.05. The summed E-state index contributed by atoms with van der Waals surface area (Å²) in [4.78, 5) is 16.2. The minimum Gasteiger partial charge on any atom is -0.379 e. The second kappa shape index (κ2) is 4.72. The number of carbonyl (C=O) groups excluding carboxylic acids is 1. The summed E-state index contributed by atoms with van der Waals surface area (Å²) in [6.07, 6.45) is 0.536. The van der Waals surface area contributed by atoms with Crippen molar-refractivity contribution in [3.8, 4) is 0 Å². The second-order valence-electron chi connectivity index (χ2n) is 4.18. The number of hydrogen-bond donors (Lipinski definition) is 2. The largest absolute Gasteiger partial charge is 0.379 e. The van der Waals surface area contributed by atoms with Crippen molar-refractivity contribution in [2.45, 2.75) is 18.9 Å². The fraction of sp³-hybridized carbons (Fsp3) is 0.455. The summed E-state index contributed by atoms with van der Waals surface area (Å²) in [5.41, 5.74) is 5.83. The first kappa shape index (κ1) is 12.5. The molecule has 1 aromatic heterocycles. The molecule has 92 valence electrons. The molecular formula is C11H14BrN3O2. The molecule has 0 saturated carbocycles. The highest BCUT2D eigenvalue weighted by Crippen LogP contribution is 2.20. The molecule has 1 atom stereocenters. The molecule has 2 heterocycles. The molecule has 1 saturated heterocycles. The Morgan fingerprint density at radius 3 is 3.00 bits per heavy atom. The van der Waals surface area contributed by atoms with Crippen molar-refractivity contribution in [1.82, 2.24) is 4.98 Å². The van der Waals surface area contributed by atoms with E-state index in [4.69, 9.17) is 10.5 Å². The number of aryl methyl sites for hydroxylation is 1. The van der Waals surface area contributed by atoms with Crippen molar-refractivity contribution in [3.05, 3.63) is 22.3 Å². The first-order chi connectivity index (χ1) is 8.01. The highest BCUT2D eigenvalue weighted by Gasteiger charge is 2.38. The van der Waals surface area contributed by atoms with E-state index in [1.54, 1.807) is 6.07 Å². The second-order valence-corrected chi connectivity index (χ2v) is 5.03. The smallest absolute Gasteiger partial charge is 0.248 e. The topological polar surface area (TPSA) is 77.2 Å². The minimum atomic E-state index is -0.928. The number of rotatable bonds is 2. The van der Waals surface area contributed by atoms with E-state index in [-0.39, 0.29) is 12.5 Å². The van der Waals surface area contributed by atoms with E-state index in [1.165, 1.54) is 0 Å². The Kier molecular flexibility index (Phi) is 3.46. The van der Waals surface area contributed by atoms with E-state index in [0.717, 1.165) is 10.2 Å². The lowest BCUT2D eigenvalue weighted by Gasteiger charge is -2.20. The van der Waals surface area contributed by atoms with Crippen molar-refractivity contribution in [2.24, 2.45) is 5.73 Å². The number of nitrogens with one attached hydrogen (secondary N) is 1. The summed E-state index contributed by atoms with van der Waals surface area (Å²) >= 11 is 3.35. The Morgan fingerprint density at radius 2 is 2.41 bits per heavy atom. The molecule has 1 fully saturated rings. The molecule has 6 heteroatoms. The number of carbonyl (C=O) groups is 1. The maximum Gasteiger partial charge on any atom is 0.248 e. The van der Waals surface area contributed by atoms with E-state index < -0.39 is 5.54 Å². The van der Waals surface area contributed by atoms with Crippen LogP contribution in [0, 0.1) is 6.92 Å². The van der Waals surface area contributed by atoms with Gasteiger partial charge in [-0.25, -0.2) is 4.98 Å². The number of ether oxygens (including phenoxy) is 1. The Labute approximate surface area is 108 Å². The summed E-state index contributed by atoms with van der Waals surface area (Å²) in [5.74, 6) is 0.261. The number of halogens is 1. The van der Waals surface area contributed by atoms with Gasteiger partial charge in [0.2, 0.25) is 5.91 Å². The zero-order valence-corrected chi connectivity index (χ0v) is 11.1. The van der Waals surface area contributed by atoms with Gasteiger partial charge in [0, 0.05) is 11.1 Å². The average molecular weight is 300 g/mol. The molecular weight excluding hydrogens is 286 g/mol. The lowest BCUT2D eigenvalue weighted by atomic mass is 9.99. The number of anilines is 1. The highest BCUT2D eigenvalue weighted by atomic mass is 79.9. The van der Waals surface area contributed by atoms with Gasteiger partial charge < -0.3 is 15.8 Å². The van der Waals surface area contributed by atoms with Gasteiger partial charge in [0.15, 0.2) is 0 Å². The molecule has 1 aliphatic heterocycles. The lowest BCUT2D eigenvalue weighted by molar-refractivity contribution is -0.121. The molecule has 1 amide bonds. The molecule has 2 rings (SSSR count). The Morgan fingerprint density at radius 1 is 1.65 bits per heavy atom. The third kappa shape index (κ3) is 2.65. The normalized spacial score (nSPS) is 23.7. The van der Waals surface area contributed by atoms with Gasteiger partial charge in [0.05, 0.1) is 12.3 Å². The predicted octanol–water partition coefficient (Wildman–Crippen LogP) is 1.21. The quantitative estimate of drug-likeness (QED) is 0.860. The number of nitrogens with two attached hydrogens (primary N) is 1. The molecule has 1 unspecified atom stereocenters. The number of pyridine rings is 1. The molecule has 3 N–H and O–H groups in total. The number of nitrogens with zero attached hydrogens (tertiary/aromatic N) is 1. The van der Waals surface area contributed by atoms with Crippen LogP contribution in [-0.4, -0.2) is 29.6 Å². The third-order valence-electron chi connectivity index (χ3n) is 2.77. The Hall–Kier alpha value is -0.980. The zero-order chi connectivity index (χ0) is 12.5.